The highest BCUT2D eigenvalue weighted by Crippen LogP contribution is 2.12. The van der Waals surface area contributed by atoms with Gasteiger partial charge in [0, 0.05) is 11.6 Å². The number of hydrazone groups is 1. The topological polar surface area (TPSA) is 118 Å². The largest absolute Gasteiger partial charge is 0.507 e. The Labute approximate surface area is 118 Å². The number of nitro groups is 1. The van der Waals surface area contributed by atoms with E-state index in [1.165, 1.54) is 24.4 Å². The molecule has 0 aliphatic carbocycles. The fourth-order valence-electron chi connectivity index (χ4n) is 1.44. The van der Waals surface area contributed by atoms with Crippen molar-refractivity contribution in [3.63, 3.8) is 0 Å². The highest BCUT2D eigenvalue weighted by molar-refractivity contribution is 5.93. The molecule has 2 rings (SSSR count). The van der Waals surface area contributed by atoms with Crippen LogP contribution in [0.4, 0.5) is 5.69 Å². The standard InChI is InChI=1S/C13H10N4O4/c18-12-4-2-1-3-9(12)7-15-16-13(19)11-6-5-10(8-14-11)17(20)21/h1-8,18H,(H,16,19). The molecule has 2 aromatic rings. The van der Waals surface area contributed by atoms with E-state index in [2.05, 4.69) is 15.5 Å². The van der Waals surface area contributed by atoms with Gasteiger partial charge in [-0.05, 0) is 18.2 Å². The second kappa shape index (κ2) is 6.24. The predicted molar refractivity (Wildman–Crippen MR) is 74.1 cm³/mol. The van der Waals surface area contributed by atoms with Crippen LogP contribution in [0, 0.1) is 10.1 Å². The lowest BCUT2D eigenvalue weighted by Gasteiger charge is -1.99. The molecule has 1 aromatic carbocycles. The van der Waals surface area contributed by atoms with Crippen LogP contribution in [0.1, 0.15) is 16.1 Å². The molecule has 2 N–H and O–H groups in total. The summed E-state index contributed by atoms with van der Waals surface area (Å²) in [5.41, 5.74) is 2.44. The van der Waals surface area contributed by atoms with Crippen molar-refractivity contribution in [3.8, 4) is 5.75 Å². The molecule has 21 heavy (non-hydrogen) atoms. The third kappa shape index (κ3) is 3.60. The van der Waals surface area contributed by atoms with Gasteiger partial charge in [-0.25, -0.2) is 10.4 Å². The lowest BCUT2D eigenvalue weighted by atomic mass is 10.2. The van der Waals surface area contributed by atoms with Crippen LogP contribution >= 0.6 is 0 Å². The van der Waals surface area contributed by atoms with Crippen LogP contribution in [-0.2, 0) is 0 Å². The Balaban J connectivity index is 2.02. The summed E-state index contributed by atoms with van der Waals surface area (Å²) < 4.78 is 0. The van der Waals surface area contributed by atoms with E-state index >= 15 is 0 Å². The normalized spacial score (nSPS) is 10.5. The summed E-state index contributed by atoms with van der Waals surface area (Å²) in [6.07, 6.45) is 2.26. The molecule has 0 fully saturated rings. The van der Waals surface area contributed by atoms with Gasteiger partial charge in [-0.15, -0.1) is 0 Å². The first-order valence-corrected chi connectivity index (χ1v) is 5.80. The number of para-hydroxylation sites is 1. The highest BCUT2D eigenvalue weighted by atomic mass is 16.6. The zero-order valence-electron chi connectivity index (χ0n) is 10.6. The first kappa shape index (κ1) is 14.1. The number of phenols is 1. The van der Waals surface area contributed by atoms with E-state index in [0.717, 1.165) is 6.20 Å². The monoisotopic (exact) mass is 286 g/mol. The maximum atomic E-state index is 11.7. The molecule has 0 aliphatic heterocycles. The van der Waals surface area contributed by atoms with Gasteiger partial charge in [0.15, 0.2) is 0 Å². The van der Waals surface area contributed by atoms with Gasteiger partial charge in [0.05, 0.1) is 11.1 Å². The number of aromatic nitrogens is 1. The van der Waals surface area contributed by atoms with Crippen LogP contribution in [0.5, 0.6) is 5.75 Å². The lowest BCUT2D eigenvalue weighted by molar-refractivity contribution is -0.385. The molecule has 0 radical (unpaired) electrons. The zero-order valence-corrected chi connectivity index (χ0v) is 10.6. The molecule has 0 aliphatic rings. The van der Waals surface area contributed by atoms with E-state index in [4.69, 9.17) is 0 Å². The van der Waals surface area contributed by atoms with Crippen molar-refractivity contribution in [2.24, 2.45) is 5.10 Å². The van der Waals surface area contributed by atoms with Crippen LogP contribution in [0.25, 0.3) is 0 Å². The van der Waals surface area contributed by atoms with Crippen molar-refractivity contribution < 1.29 is 14.8 Å². The molecule has 106 valence electrons. The van der Waals surface area contributed by atoms with Crippen LogP contribution < -0.4 is 5.43 Å². The number of nitrogens with one attached hydrogen (secondary N) is 1. The molecule has 8 heteroatoms. The van der Waals surface area contributed by atoms with Crippen LogP contribution in [-0.4, -0.2) is 27.1 Å². The minimum atomic E-state index is -0.614. The molecule has 0 saturated heterocycles. The number of carbonyl (C=O) groups excluding carboxylic acids is 1. The Kier molecular flexibility index (Phi) is 4.20. The molecular formula is C13H10N4O4. The van der Waals surface area contributed by atoms with Gasteiger partial charge in [-0.3, -0.25) is 14.9 Å². The Bertz CT molecular complexity index is 698. The summed E-state index contributed by atoms with van der Waals surface area (Å²) >= 11 is 0. The average Bonchev–Trinajstić information content (AvgIpc) is 2.49. The number of pyridine rings is 1. The molecule has 0 unspecified atom stereocenters. The fourth-order valence-corrected chi connectivity index (χ4v) is 1.44. The van der Waals surface area contributed by atoms with Gasteiger partial charge in [0.2, 0.25) is 0 Å². The molecule has 0 spiro atoms. The van der Waals surface area contributed by atoms with E-state index in [1.54, 1.807) is 18.2 Å². The van der Waals surface area contributed by atoms with Crippen LogP contribution in [0.3, 0.4) is 0 Å². The maximum absolute atomic E-state index is 11.7. The second-order valence-corrected chi connectivity index (χ2v) is 3.92. The molecule has 1 heterocycles. The number of hydrogen-bond acceptors (Lipinski definition) is 6. The predicted octanol–water partition coefficient (Wildman–Crippen LogP) is 1.46. The summed E-state index contributed by atoms with van der Waals surface area (Å²) in [5, 5.41) is 23.6. The van der Waals surface area contributed by atoms with E-state index < -0.39 is 10.8 Å². The number of hydrogen-bond donors (Lipinski definition) is 2. The highest BCUT2D eigenvalue weighted by Gasteiger charge is 2.10. The van der Waals surface area contributed by atoms with E-state index in [9.17, 15) is 20.0 Å². The third-order valence-electron chi connectivity index (χ3n) is 2.50. The fraction of sp³-hybridized carbons (Fsp3) is 0. The SMILES string of the molecule is O=C(NN=Cc1ccccc1O)c1ccc([N+](=O)[O-])cn1. The van der Waals surface area contributed by atoms with E-state index in [1.807, 2.05) is 0 Å². The average molecular weight is 286 g/mol. The smallest absolute Gasteiger partial charge is 0.289 e. The van der Waals surface area contributed by atoms with Gasteiger partial charge in [0.1, 0.15) is 17.6 Å². The summed E-state index contributed by atoms with van der Waals surface area (Å²) in [7, 11) is 0. The first-order valence-electron chi connectivity index (χ1n) is 5.80. The molecule has 8 nitrogen and oxygen atoms in total. The maximum Gasteiger partial charge on any atom is 0.289 e. The zero-order chi connectivity index (χ0) is 15.2. The number of carbonyl (C=O) groups is 1. The van der Waals surface area contributed by atoms with Crippen molar-refractivity contribution >= 4 is 17.8 Å². The summed E-state index contributed by atoms with van der Waals surface area (Å²) in [5.74, 6) is -0.583. The van der Waals surface area contributed by atoms with Crippen molar-refractivity contribution in [2.45, 2.75) is 0 Å². The number of rotatable bonds is 4. The van der Waals surface area contributed by atoms with E-state index in [0.29, 0.717) is 5.56 Å². The van der Waals surface area contributed by atoms with Crippen molar-refractivity contribution in [2.75, 3.05) is 0 Å². The molecule has 0 bridgehead atoms. The summed E-state index contributed by atoms with van der Waals surface area (Å²) in [6, 6.07) is 8.88. The van der Waals surface area contributed by atoms with Crippen molar-refractivity contribution in [3.05, 3.63) is 64.0 Å². The quantitative estimate of drug-likeness (QED) is 0.501. The van der Waals surface area contributed by atoms with Gasteiger partial charge < -0.3 is 5.11 Å². The molecule has 0 atom stereocenters. The van der Waals surface area contributed by atoms with Crippen LogP contribution in [0.2, 0.25) is 0 Å². The second-order valence-electron chi connectivity index (χ2n) is 3.92. The van der Waals surface area contributed by atoms with Crippen LogP contribution in [0.15, 0.2) is 47.7 Å². The number of aromatic hydroxyl groups is 1. The minimum Gasteiger partial charge on any atom is -0.507 e. The summed E-state index contributed by atoms with van der Waals surface area (Å²) in [4.78, 5) is 25.2. The number of phenolic OH excluding ortho intramolecular Hbond substituents is 1. The van der Waals surface area contributed by atoms with Gasteiger partial charge in [-0.2, -0.15) is 5.10 Å². The van der Waals surface area contributed by atoms with Crippen molar-refractivity contribution in [1.29, 1.82) is 0 Å². The molecule has 0 saturated carbocycles. The Morgan fingerprint density at radius 2 is 2.10 bits per heavy atom. The molecule has 1 aromatic heterocycles. The summed E-state index contributed by atoms with van der Waals surface area (Å²) in [6.45, 7) is 0. The Hall–Kier alpha value is -3.29. The Morgan fingerprint density at radius 1 is 1.33 bits per heavy atom. The number of nitrogens with zero attached hydrogens (tertiary/aromatic N) is 3. The van der Waals surface area contributed by atoms with Crippen molar-refractivity contribution in [1.82, 2.24) is 10.4 Å². The van der Waals surface area contributed by atoms with Gasteiger partial charge in [0.25, 0.3) is 11.6 Å². The lowest BCUT2D eigenvalue weighted by Crippen LogP contribution is -2.18. The van der Waals surface area contributed by atoms with Gasteiger partial charge in [-0.1, -0.05) is 12.1 Å². The third-order valence-corrected chi connectivity index (χ3v) is 2.50. The molecular weight excluding hydrogens is 276 g/mol. The Morgan fingerprint density at radius 3 is 2.71 bits per heavy atom. The minimum absolute atomic E-state index is 0.00460. The van der Waals surface area contributed by atoms with E-state index in [-0.39, 0.29) is 17.1 Å². The number of benzene rings is 1. The van der Waals surface area contributed by atoms with Gasteiger partial charge >= 0.3 is 0 Å². The molecule has 1 amide bonds. The number of amides is 1. The first-order chi connectivity index (χ1) is 10.1.